The number of methoxy groups -OCH3 is 1. The maximum atomic E-state index is 14.6. The first-order chi connectivity index (χ1) is 17.8. The van der Waals surface area contributed by atoms with Crippen molar-refractivity contribution in [3.8, 4) is 0 Å². The standard InChI is InChI=1S/C28H31F2N3O4/c1-16(14-20-4-3-5-22(29)24(20)30)33-23-11-10-17-12-13-32(28(36)37-2)15-21(17)25(23)31-26(33)18-6-8-19(9-7-18)27(34)35/h3-5,10-11,16,18-19H,6-9,12-15H2,1-2H3,(H,34,35)/t16-,18?,19?/m1/s1. The van der Waals surface area contributed by atoms with E-state index in [1.807, 2.05) is 13.0 Å². The van der Waals surface area contributed by atoms with Crippen LogP contribution >= 0.6 is 0 Å². The summed E-state index contributed by atoms with van der Waals surface area (Å²) >= 11 is 0. The van der Waals surface area contributed by atoms with Gasteiger partial charge in [0.2, 0.25) is 0 Å². The van der Waals surface area contributed by atoms with E-state index in [9.17, 15) is 23.5 Å². The SMILES string of the molecule is COC(=O)N1CCc2ccc3c(nc(C4CCC(C(=O)O)CC4)n3[C@H](C)Cc3cccc(F)c3F)c2C1. The molecule has 1 atom stereocenters. The number of aromatic nitrogens is 2. The van der Waals surface area contributed by atoms with Gasteiger partial charge < -0.3 is 19.3 Å². The van der Waals surface area contributed by atoms with Crippen LogP contribution in [0.4, 0.5) is 13.6 Å². The molecule has 196 valence electrons. The number of carbonyl (C=O) groups is 2. The molecule has 5 rings (SSSR count). The molecule has 0 unspecified atom stereocenters. The Morgan fingerprint density at radius 1 is 1.16 bits per heavy atom. The molecule has 1 saturated carbocycles. The van der Waals surface area contributed by atoms with Gasteiger partial charge in [-0.05, 0) is 68.7 Å². The first-order valence-electron chi connectivity index (χ1n) is 12.8. The second kappa shape index (κ2) is 10.1. The van der Waals surface area contributed by atoms with Crippen LogP contribution in [0, 0.1) is 17.6 Å². The van der Waals surface area contributed by atoms with E-state index in [2.05, 4.69) is 10.6 Å². The normalized spacial score (nSPS) is 20.5. The highest BCUT2D eigenvalue weighted by molar-refractivity contribution is 5.82. The lowest BCUT2D eigenvalue weighted by Crippen LogP contribution is -2.35. The Hall–Kier alpha value is -3.49. The molecule has 1 aliphatic carbocycles. The number of hydrogen-bond acceptors (Lipinski definition) is 4. The Bertz CT molecular complexity index is 1350. The minimum atomic E-state index is -0.871. The number of carbonyl (C=O) groups excluding carboxylic acids is 1. The Kier molecular flexibility index (Phi) is 6.88. The molecule has 2 heterocycles. The van der Waals surface area contributed by atoms with Crippen LogP contribution in [0.25, 0.3) is 11.0 Å². The molecule has 0 bridgehead atoms. The van der Waals surface area contributed by atoms with E-state index >= 15 is 0 Å². The monoisotopic (exact) mass is 511 g/mol. The summed E-state index contributed by atoms with van der Waals surface area (Å²) in [5, 5.41) is 9.46. The molecule has 1 aromatic heterocycles. The average Bonchev–Trinajstić information content (AvgIpc) is 3.31. The molecule has 7 nitrogen and oxygen atoms in total. The van der Waals surface area contributed by atoms with Gasteiger partial charge in [0.25, 0.3) is 0 Å². The number of imidazole rings is 1. The Labute approximate surface area is 214 Å². The number of carboxylic acid groups (broad SMARTS) is 1. The van der Waals surface area contributed by atoms with Gasteiger partial charge in [-0.2, -0.15) is 0 Å². The van der Waals surface area contributed by atoms with E-state index in [1.165, 1.54) is 13.2 Å². The number of hydrogen-bond donors (Lipinski definition) is 1. The van der Waals surface area contributed by atoms with Crippen LogP contribution in [0.15, 0.2) is 30.3 Å². The lowest BCUT2D eigenvalue weighted by Gasteiger charge is -2.28. The predicted octanol–water partition coefficient (Wildman–Crippen LogP) is 5.60. The highest BCUT2D eigenvalue weighted by Gasteiger charge is 2.32. The minimum absolute atomic E-state index is 0.0544. The second-order valence-corrected chi connectivity index (χ2v) is 10.2. The van der Waals surface area contributed by atoms with Crippen molar-refractivity contribution in [3.63, 3.8) is 0 Å². The van der Waals surface area contributed by atoms with Gasteiger partial charge in [-0.15, -0.1) is 0 Å². The highest BCUT2D eigenvalue weighted by atomic mass is 19.2. The van der Waals surface area contributed by atoms with Crippen molar-refractivity contribution in [1.82, 2.24) is 14.5 Å². The summed E-state index contributed by atoms with van der Waals surface area (Å²) in [7, 11) is 1.37. The largest absolute Gasteiger partial charge is 0.481 e. The third kappa shape index (κ3) is 4.67. The zero-order valence-corrected chi connectivity index (χ0v) is 21.0. The van der Waals surface area contributed by atoms with Gasteiger partial charge in [-0.3, -0.25) is 4.79 Å². The van der Waals surface area contributed by atoms with Crippen molar-refractivity contribution in [2.24, 2.45) is 5.92 Å². The number of halogens is 2. The highest BCUT2D eigenvalue weighted by Crippen LogP contribution is 2.40. The van der Waals surface area contributed by atoms with Crippen molar-refractivity contribution in [1.29, 1.82) is 0 Å². The number of carboxylic acids is 1. The first kappa shape index (κ1) is 25.2. The zero-order chi connectivity index (χ0) is 26.3. The summed E-state index contributed by atoms with van der Waals surface area (Å²) in [6, 6.07) is 8.08. The van der Waals surface area contributed by atoms with Crippen LogP contribution in [0.1, 0.15) is 67.1 Å². The fraction of sp³-hybridized carbons (Fsp3) is 0.464. The molecule has 37 heavy (non-hydrogen) atoms. The van der Waals surface area contributed by atoms with Crippen LogP contribution < -0.4 is 0 Å². The zero-order valence-electron chi connectivity index (χ0n) is 21.0. The minimum Gasteiger partial charge on any atom is -0.481 e. The number of rotatable bonds is 5. The summed E-state index contributed by atoms with van der Waals surface area (Å²) in [5.41, 5.74) is 4.07. The van der Waals surface area contributed by atoms with Crippen LogP contribution in [0.2, 0.25) is 0 Å². The van der Waals surface area contributed by atoms with E-state index in [0.717, 1.165) is 34.1 Å². The summed E-state index contributed by atoms with van der Waals surface area (Å²) in [6.45, 7) is 2.92. The maximum absolute atomic E-state index is 14.6. The summed E-state index contributed by atoms with van der Waals surface area (Å²) in [4.78, 5) is 30.5. The van der Waals surface area contributed by atoms with Crippen LogP contribution in [0.5, 0.6) is 0 Å². The van der Waals surface area contributed by atoms with Gasteiger partial charge in [0.15, 0.2) is 11.6 Å². The van der Waals surface area contributed by atoms with Gasteiger partial charge >= 0.3 is 12.1 Å². The van der Waals surface area contributed by atoms with Crippen LogP contribution in [-0.2, 0) is 28.9 Å². The van der Waals surface area contributed by atoms with Crippen molar-refractivity contribution in [2.45, 2.75) is 64.0 Å². The third-order valence-corrected chi connectivity index (χ3v) is 7.95. The van der Waals surface area contributed by atoms with Crippen molar-refractivity contribution in [2.75, 3.05) is 13.7 Å². The lowest BCUT2D eigenvalue weighted by atomic mass is 9.81. The van der Waals surface area contributed by atoms with Crippen molar-refractivity contribution in [3.05, 3.63) is 64.5 Å². The predicted molar refractivity (Wildman–Crippen MR) is 133 cm³/mol. The van der Waals surface area contributed by atoms with Gasteiger partial charge in [-0.25, -0.2) is 18.6 Å². The number of amides is 1. The maximum Gasteiger partial charge on any atom is 0.409 e. The van der Waals surface area contributed by atoms with E-state index in [0.29, 0.717) is 50.8 Å². The quantitative estimate of drug-likeness (QED) is 0.482. The molecular formula is C28H31F2N3O4. The van der Waals surface area contributed by atoms with Crippen molar-refractivity contribution >= 4 is 23.1 Å². The second-order valence-electron chi connectivity index (χ2n) is 10.2. The fourth-order valence-corrected chi connectivity index (χ4v) is 5.96. The molecule has 2 aliphatic rings. The van der Waals surface area contributed by atoms with E-state index in [1.54, 1.807) is 11.0 Å². The van der Waals surface area contributed by atoms with Gasteiger partial charge in [-0.1, -0.05) is 18.2 Å². The Morgan fingerprint density at radius 2 is 1.92 bits per heavy atom. The summed E-state index contributed by atoms with van der Waals surface area (Å²) in [5.74, 6) is -1.93. The molecule has 1 fully saturated rings. The van der Waals surface area contributed by atoms with Crippen LogP contribution in [0.3, 0.4) is 0 Å². The number of fused-ring (bicyclic) bond motifs is 3. The lowest BCUT2D eigenvalue weighted by molar-refractivity contribution is -0.142. The van der Waals surface area contributed by atoms with E-state index < -0.39 is 17.6 Å². The molecule has 0 saturated heterocycles. The molecule has 3 aromatic rings. The number of aliphatic carboxylic acids is 1. The van der Waals surface area contributed by atoms with Gasteiger partial charge in [0.1, 0.15) is 5.82 Å². The fourth-order valence-electron chi connectivity index (χ4n) is 5.96. The smallest absolute Gasteiger partial charge is 0.409 e. The molecule has 2 aromatic carbocycles. The van der Waals surface area contributed by atoms with E-state index in [-0.39, 0.29) is 30.4 Å². The summed E-state index contributed by atoms with van der Waals surface area (Å²) in [6.07, 6.45) is 3.11. The Morgan fingerprint density at radius 3 is 2.62 bits per heavy atom. The Balaban J connectivity index is 1.58. The summed E-state index contributed by atoms with van der Waals surface area (Å²) < 4.78 is 35.6. The molecule has 0 spiro atoms. The van der Waals surface area contributed by atoms with Crippen molar-refractivity contribution < 1.29 is 28.2 Å². The topological polar surface area (TPSA) is 84.7 Å². The molecule has 9 heteroatoms. The molecular weight excluding hydrogens is 480 g/mol. The van der Waals surface area contributed by atoms with Crippen LogP contribution in [-0.4, -0.2) is 45.3 Å². The first-order valence-corrected chi connectivity index (χ1v) is 12.8. The number of benzene rings is 2. The molecule has 1 amide bonds. The average molecular weight is 512 g/mol. The molecule has 1 aliphatic heterocycles. The molecule has 0 radical (unpaired) electrons. The number of ether oxygens (including phenoxy) is 1. The van der Waals surface area contributed by atoms with E-state index in [4.69, 9.17) is 9.72 Å². The number of nitrogens with zero attached hydrogens (tertiary/aromatic N) is 3. The molecule has 1 N–H and O–H groups in total. The third-order valence-electron chi connectivity index (χ3n) is 7.95. The van der Waals surface area contributed by atoms with Gasteiger partial charge in [0.05, 0.1) is 30.6 Å². The van der Waals surface area contributed by atoms with Gasteiger partial charge in [0, 0.05) is 24.1 Å².